The van der Waals surface area contributed by atoms with Crippen LogP contribution in [-0.4, -0.2) is 35.8 Å². The number of nitrogens with one attached hydrogen (secondary N) is 1. The molecular formula is C14H16F2N2O2. The number of carbonyl (C=O) groups is 2. The van der Waals surface area contributed by atoms with Crippen LogP contribution < -0.4 is 5.32 Å². The van der Waals surface area contributed by atoms with E-state index in [2.05, 4.69) is 5.32 Å². The van der Waals surface area contributed by atoms with E-state index in [1.807, 2.05) is 0 Å². The first-order chi connectivity index (χ1) is 9.49. The van der Waals surface area contributed by atoms with Gasteiger partial charge in [-0.15, -0.1) is 0 Å². The van der Waals surface area contributed by atoms with E-state index in [1.165, 1.54) is 11.0 Å². The minimum Gasteiger partial charge on any atom is -0.353 e. The third-order valence-electron chi connectivity index (χ3n) is 3.43. The SMILES string of the molecule is CC1C(=O)NCCN1C(=O)CCc1ccc(F)c(F)c1. The molecule has 1 fully saturated rings. The topological polar surface area (TPSA) is 49.4 Å². The number of benzene rings is 1. The Labute approximate surface area is 115 Å². The van der Waals surface area contributed by atoms with Crippen molar-refractivity contribution in [3.8, 4) is 0 Å². The molecule has 0 aromatic heterocycles. The Balaban J connectivity index is 1.94. The van der Waals surface area contributed by atoms with Crippen molar-refractivity contribution in [1.29, 1.82) is 0 Å². The van der Waals surface area contributed by atoms with E-state index in [1.54, 1.807) is 6.92 Å². The van der Waals surface area contributed by atoms with Gasteiger partial charge in [0.15, 0.2) is 11.6 Å². The Morgan fingerprint density at radius 3 is 2.85 bits per heavy atom. The van der Waals surface area contributed by atoms with Crippen molar-refractivity contribution in [3.05, 3.63) is 35.4 Å². The van der Waals surface area contributed by atoms with Crippen LogP contribution in [0.25, 0.3) is 0 Å². The van der Waals surface area contributed by atoms with E-state index in [-0.39, 0.29) is 18.2 Å². The minimum atomic E-state index is -0.916. The predicted octanol–water partition coefficient (Wildman–Crippen LogP) is 1.24. The molecule has 0 aliphatic carbocycles. The van der Waals surface area contributed by atoms with Crippen molar-refractivity contribution in [1.82, 2.24) is 10.2 Å². The molecule has 1 N–H and O–H groups in total. The van der Waals surface area contributed by atoms with Gasteiger partial charge in [-0.1, -0.05) is 6.07 Å². The first-order valence-corrected chi connectivity index (χ1v) is 6.50. The molecule has 1 unspecified atom stereocenters. The summed E-state index contributed by atoms with van der Waals surface area (Å²) in [6.45, 7) is 2.59. The van der Waals surface area contributed by atoms with Crippen LogP contribution in [0.2, 0.25) is 0 Å². The number of piperazine rings is 1. The molecule has 108 valence electrons. The fourth-order valence-electron chi connectivity index (χ4n) is 2.21. The molecule has 6 heteroatoms. The van der Waals surface area contributed by atoms with Gasteiger partial charge in [-0.05, 0) is 31.0 Å². The number of hydrogen-bond acceptors (Lipinski definition) is 2. The lowest BCUT2D eigenvalue weighted by molar-refractivity contribution is -0.142. The number of nitrogens with zero attached hydrogens (tertiary/aromatic N) is 1. The molecule has 0 spiro atoms. The Kier molecular flexibility index (Phi) is 4.32. The van der Waals surface area contributed by atoms with E-state index in [9.17, 15) is 18.4 Å². The van der Waals surface area contributed by atoms with Crippen LogP contribution in [0, 0.1) is 11.6 Å². The maximum absolute atomic E-state index is 13.0. The first-order valence-electron chi connectivity index (χ1n) is 6.50. The van der Waals surface area contributed by atoms with Gasteiger partial charge in [0.1, 0.15) is 6.04 Å². The van der Waals surface area contributed by atoms with E-state index in [4.69, 9.17) is 0 Å². The van der Waals surface area contributed by atoms with E-state index < -0.39 is 17.7 Å². The highest BCUT2D eigenvalue weighted by molar-refractivity contribution is 5.88. The van der Waals surface area contributed by atoms with Crippen LogP contribution in [0.1, 0.15) is 18.9 Å². The highest BCUT2D eigenvalue weighted by atomic mass is 19.2. The van der Waals surface area contributed by atoms with Gasteiger partial charge in [-0.25, -0.2) is 8.78 Å². The Hall–Kier alpha value is -1.98. The average Bonchev–Trinajstić information content (AvgIpc) is 2.43. The second-order valence-electron chi connectivity index (χ2n) is 4.80. The highest BCUT2D eigenvalue weighted by Crippen LogP contribution is 2.12. The monoisotopic (exact) mass is 282 g/mol. The second kappa shape index (κ2) is 5.98. The van der Waals surface area contributed by atoms with Crippen LogP contribution >= 0.6 is 0 Å². The molecule has 0 bridgehead atoms. The quantitative estimate of drug-likeness (QED) is 0.907. The summed E-state index contributed by atoms with van der Waals surface area (Å²) in [6.07, 6.45) is 0.490. The number of hydrogen-bond donors (Lipinski definition) is 1. The third-order valence-corrected chi connectivity index (χ3v) is 3.43. The molecule has 20 heavy (non-hydrogen) atoms. The standard InChI is InChI=1S/C14H16F2N2O2/c1-9-14(20)17-6-7-18(9)13(19)5-3-10-2-4-11(15)12(16)8-10/h2,4,8-9H,3,5-7H2,1H3,(H,17,20). The normalized spacial score (nSPS) is 18.9. The maximum atomic E-state index is 13.0. The summed E-state index contributed by atoms with van der Waals surface area (Å²) in [7, 11) is 0. The van der Waals surface area contributed by atoms with Crippen LogP contribution in [-0.2, 0) is 16.0 Å². The van der Waals surface area contributed by atoms with Gasteiger partial charge in [0.05, 0.1) is 0 Å². The van der Waals surface area contributed by atoms with Crippen LogP contribution in [0.3, 0.4) is 0 Å². The van der Waals surface area contributed by atoms with E-state index in [0.717, 1.165) is 12.1 Å². The molecule has 1 saturated heterocycles. The van der Waals surface area contributed by atoms with Gasteiger partial charge in [-0.3, -0.25) is 9.59 Å². The molecule has 4 nitrogen and oxygen atoms in total. The maximum Gasteiger partial charge on any atom is 0.242 e. The summed E-state index contributed by atoms with van der Waals surface area (Å²) < 4.78 is 25.8. The Bertz CT molecular complexity index is 534. The Morgan fingerprint density at radius 2 is 2.15 bits per heavy atom. The minimum absolute atomic E-state index is 0.155. The molecule has 1 aliphatic rings. The first kappa shape index (κ1) is 14.4. The zero-order valence-corrected chi connectivity index (χ0v) is 11.2. The number of amides is 2. The summed E-state index contributed by atoms with van der Waals surface area (Å²) >= 11 is 0. The van der Waals surface area contributed by atoms with Gasteiger partial charge in [0.25, 0.3) is 0 Å². The number of carbonyl (C=O) groups excluding carboxylic acids is 2. The molecule has 1 aliphatic heterocycles. The van der Waals surface area contributed by atoms with Crippen molar-refractivity contribution >= 4 is 11.8 Å². The number of aryl methyl sites for hydroxylation is 1. The molecule has 1 heterocycles. The van der Waals surface area contributed by atoms with Gasteiger partial charge < -0.3 is 10.2 Å². The molecule has 2 amide bonds. The van der Waals surface area contributed by atoms with Crippen molar-refractivity contribution in [3.63, 3.8) is 0 Å². The lowest BCUT2D eigenvalue weighted by atomic mass is 10.1. The number of rotatable bonds is 3. The summed E-state index contributed by atoms with van der Waals surface area (Å²) in [4.78, 5) is 25.0. The van der Waals surface area contributed by atoms with Gasteiger partial charge >= 0.3 is 0 Å². The Morgan fingerprint density at radius 1 is 1.40 bits per heavy atom. The molecule has 1 atom stereocenters. The molecule has 1 aromatic rings. The summed E-state index contributed by atoms with van der Waals surface area (Å²) in [5.41, 5.74) is 0.561. The highest BCUT2D eigenvalue weighted by Gasteiger charge is 2.28. The fraction of sp³-hybridized carbons (Fsp3) is 0.429. The van der Waals surface area contributed by atoms with E-state index >= 15 is 0 Å². The van der Waals surface area contributed by atoms with Crippen molar-refractivity contribution in [2.24, 2.45) is 0 Å². The molecule has 0 saturated carbocycles. The molecule has 1 aromatic carbocycles. The average molecular weight is 282 g/mol. The molecule has 0 radical (unpaired) electrons. The van der Waals surface area contributed by atoms with Gasteiger partial charge in [-0.2, -0.15) is 0 Å². The van der Waals surface area contributed by atoms with Crippen LogP contribution in [0.15, 0.2) is 18.2 Å². The lowest BCUT2D eigenvalue weighted by Crippen LogP contribution is -2.55. The number of halogens is 2. The summed E-state index contributed by atoms with van der Waals surface area (Å²) in [5, 5.41) is 2.68. The zero-order chi connectivity index (χ0) is 14.7. The fourth-order valence-corrected chi connectivity index (χ4v) is 2.21. The van der Waals surface area contributed by atoms with Crippen LogP contribution in [0.5, 0.6) is 0 Å². The predicted molar refractivity (Wildman–Crippen MR) is 68.9 cm³/mol. The van der Waals surface area contributed by atoms with Crippen LogP contribution in [0.4, 0.5) is 8.78 Å². The zero-order valence-electron chi connectivity index (χ0n) is 11.2. The van der Waals surface area contributed by atoms with Crippen molar-refractivity contribution in [2.75, 3.05) is 13.1 Å². The third kappa shape index (κ3) is 3.12. The molecule has 2 rings (SSSR count). The van der Waals surface area contributed by atoms with Gasteiger partial charge in [0, 0.05) is 19.5 Å². The largest absolute Gasteiger partial charge is 0.353 e. The summed E-state index contributed by atoms with van der Waals surface area (Å²) in [6, 6.07) is 3.11. The molecular weight excluding hydrogens is 266 g/mol. The summed E-state index contributed by atoms with van der Waals surface area (Å²) in [5.74, 6) is -2.14. The van der Waals surface area contributed by atoms with E-state index in [0.29, 0.717) is 25.1 Å². The lowest BCUT2D eigenvalue weighted by Gasteiger charge is -2.32. The van der Waals surface area contributed by atoms with Gasteiger partial charge in [0.2, 0.25) is 11.8 Å². The van der Waals surface area contributed by atoms with Crippen molar-refractivity contribution in [2.45, 2.75) is 25.8 Å². The van der Waals surface area contributed by atoms with Crippen molar-refractivity contribution < 1.29 is 18.4 Å². The smallest absolute Gasteiger partial charge is 0.242 e. The second-order valence-corrected chi connectivity index (χ2v) is 4.80.